The zero-order valence-electron chi connectivity index (χ0n) is 9.62. The molecule has 1 aliphatic heterocycles. The Morgan fingerprint density at radius 2 is 2.26 bits per heavy atom. The van der Waals surface area contributed by atoms with Gasteiger partial charge in [-0.2, -0.15) is 18.2 Å². The van der Waals surface area contributed by atoms with Crippen LogP contribution in [0.15, 0.2) is 46.3 Å². The first-order valence-electron chi connectivity index (χ1n) is 5.21. The molecule has 1 aliphatic rings. The first-order chi connectivity index (χ1) is 8.95. The smallest absolute Gasteiger partial charge is 0.282 e. The molecular formula is C10H11FN4O3S. The van der Waals surface area contributed by atoms with E-state index in [0.29, 0.717) is 5.56 Å². The lowest BCUT2D eigenvalue weighted by atomic mass is 10.2. The van der Waals surface area contributed by atoms with Gasteiger partial charge in [0.1, 0.15) is 0 Å². The van der Waals surface area contributed by atoms with Gasteiger partial charge in [-0.05, 0) is 17.7 Å². The predicted molar refractivity (Wildman–Crippen MR) is 65.8 cm³/mol. The van der Waals surface area contributed by atoms with Crippen molar-refractivity contribution in [3.05, 3.63) is 41.9 Å². The molecule has 0 radical (unpaired) electrons. The van der Waals surface area contributed by atoms with E-state index in [1.54, 1.807) is 6.07 Å². The molecule has 0 unspecified atom stereocenters. The van der Waals surface area contributed by atoms with Crippen LogP contribution in [0.5, 0.6) is 0 Å². The summed E-state index contributed by atoms with van der Waals surface area (Å²) >= 11 is 0. The zero-order chi connectivity index (χ0) is 13.9. The van der Waals surface area contributed by atoms with Crippen molar-refractivity contribution in [3.8, 4) is 0 Å². The highest BCUT2D eigenvalue weighted by Crippen LogP contribution is 2.11. The van der Waals surface area contributed by atoms with E-state index < -0.39 is 16.1 Å². The topological polar surface area (TPSA) is 94.0 Å². The Labute approximate surface area is 109 Å². The highest BCUT2D eigenvalue weighted by molar-refractivity contribution is 7.85. The average Bonchev–Trinajstić information content (AvgIpc) is 2.36. The van der Waals surface area contributed by atoms with E-state index in [-0.39, 0.29) is 11.4 Å². The van der Waals surface area contributed by atoms with Gasteiger partial charge in [-0.15, -0.1) is 10.3 Å². The fourth-order valence-electron chi connectivity index (χ4n) is 1.40. The van der Waals surface area contributed by atoms with E-state index in [0.717, 1.165) is 11.3 Å². The van der Waals surface area contributed by atoms with Crippen LogP contribution in [0.1, 0.15) is 5.56 Å². The molecule has 0 spiro atoms. The molecule has 0 amide bonds. The van der Waals surface area contributed by atoms with Crippen LogP contribution in [0.2, 0.25) is 0 Å². The number of hydrazone groups is 1. The third-order valence-corrected chi connectivity index (χ3v) is 3.09. The number of rotatable bonds is 4. The Balaban J connectivity index is 2.01. The average molecular weight is 286 g/mol. The van der Waals surface area contributed by atoms with Crippen LogP contribution in [0, 0.1) is 0 Å². The van der Waals surface area contributed by atoms with Crippen LogP contribution in [0.4, 0.5) is 4.39 Å². The Morgan fingerprint density at radius 3 is 2.95 bits per heavy atom. The van der Waals surface area contributed by atoms with Crippen molar-refractivity contribution in [1.29, 1.82) is 0 Å². The fraction of sp³-hybridized carbons (Fsp3) is 0.100. The Kier molecular flexibility index (Phi) is 3.79. The SMILES string of the molecule is O=S(=O)(O)c1cccc(CNN2N=CC=C(F)N2)c1. The van der Waals surface area contributed by atoms with Gasteiger partial charge in [-0.1, -0.05) is 12.1 Å². The third kappa shape index (κ3) is 3.74. The normalized spacial score (nSPS) is 15.1. The molecule has 0 saturated heterocycles. The maximum atomic E-state index is 12.8. The zero-order valence-corrected chi connectivity index (χ0v) is 10.4. The van der Waals surface area contributed by atoms with Crippen molar-refractivity contribution in [2.45, 2.75) is 11.4 Å². The number of halogens is 1. The van der Waals surface area contributed by atoms with Crippen molar-refractivity contribution in [2.24, 2.45) is 5.10 Å². The van der Waals surface area contributed by atoms with Gasteiger partial charge in [0.25, 0.3) is 10.1 Å². The molecular weight excluding hydrogens is 275 g/mol. The van der Waals surface area contributed by atoms with Gasteiger partial charge < -0.3 is 0 Å². The lowest BCUT2D eigenvalue weighted by molar-refractivity contribution is 0.117. The van der Waals surface area contributed by atoms with Gasteiger partial charge in [-0.25, -0.2) is 5.43 Å². The quantitative estimate of drug-likeness (QED) is 0.553. The summed E-state index contributed by atoms with van der Waals surface area (Å²) in [6.07, 6.45) is 2.41. The summed E-state index contributed by atoms with van der Waals surface area (Å²) in [7, 11) is -4.23. The second-order valence-electron chi connectivity index (χ2n) is 3.66. The first kappa shape index (κ1) is 13.5. The molecule has 0 bridgehead atoms. The van der Waals surface area contributed by atoms with Crippen LogP contribution in [0.3, 0.4) is 0 Å². The molecule has 3 N–H and O–H groups in total. The van der Waals surface area contributed by atoms with E-state index in [1.165, 1.54) is 24.4 Å². The van der Waals surface area contributed by atoms with Gasteiger partial charge >= 0.3 is 0 Å². The highest BCUT2D eigenvalue weighted by Gasteiger charge is 2.10. The molecule has 1 aromatic carbocycles. The number of hydrazine groups is 2. The first-order valence-corrected chi connectivity index (χ1v) is 6.65. The number of benzene rings is 1. The van der Waals surface area contributed by atoms with Crippen LogP contribution in [0.25, 0.3) is 0 Å². The predicted octanol–water partition coefficient (Wildman–Crippen LogP) is 0.555. The van der Waals surface area contributed by atoms with Gasteiger partial charge in [0, 0.05) is 12.6 Å². The Morgan fingerprint density at radius 1 is 1.47 bits per heavy atom. The minimum atomic E-state index is -4.23. The van der Waals surface area contributed by atoms with Crippen molar-refractivity contribution < 1.29 is 17.4 Å². The summed E-state index contributed by atoms with van der Waals surface area (Å²) < 4.78 is 43.7. The third-order valence-electron chi connectivity index (χ3n) is 2.24. The monoisotopic (exact) mass is 286 g/mol. The van der Waals surface area contributed by atoms with Gasteiger partial charge in [0.05, 0.1) is 11.1 Å². The summed E-state index contributed by atoms with van der Waals surface area (Å²) in [5.74, 6) is -0.575. The van der Waals surface area contributed by atoms with Gasteiger partial charge in [0.2, 0.25) is 5.95 Å². The number of nitrogens with zero attached hydrogens (tertiary/aromatic N) is 2. The van der Waals surface area contributed by atoms with E-state index in [9.17, 15) is 12.8 Å². The van der Waals surface area contributed by atoms with Crippen LogP contribution in [-0.4, -0.2) is 24.4 Å². The minimum Gasteiger partial charge on any atom is -0.282 e. The Hall–Kier alpha value is -1.97. The summed E-state index contributed by atoms with van der Waals surface area (Å²) in [5.41, 5.74) is 5.58. The molecule has 7 nitrogen and oxygen atoms in total. The second-order valence-corrected chi connectivity index (χ2v) is 5.08. The molecule has 0 fully saturated rings. The van der Waals surface area contributed by atoms with E-state index in [4.69, 9.17) is 4.55 Å². The van der Waals surface area contributed by atoms with Crippen molar-refractivity contribution >= 4 is 16.3 Å². The standard InChI is InChI=1S/C10H11FN4O3S/c11-10-4-5-12-15(14-10)13-7-8-2-1-3-9(6-8)19(16,17)18/h1-6,13-14H,7H2,(H,16,17,18). The largest absolute Gasteiger partial charge is 0.294 e. The molecule has 0 aromatic heterocycles. The maximum Gasteiger partial charge on any atom is 0.294 e. The van der Waals surface area contributed by atoms with E-state index in [2.05, 4.69) is 16.0 Å². The molecule has 1 heterocycles. The summed E-state index contributed by atoms with van der Waals surface area (Å²) in [4.78, 5) is -0.201. The van der Waals surface area contributed by atoms with Crippen molar-refractivity contribution in [2.75, 3.05) is 0 Å². The minimum absolute atomic E-state index is 0.195. The molecule has 19 heavy (non-hydrogen) atoms. The fourth-order valence-corrected chi connectivity index (χ4v) is 1.95. The highest BCUT2D eigenvalue weighted by atomic mass is 32.2. The lowest BCUT2D eigenvalue weighted by Gasteiger charge is -2.21. The Bertz CT molecular complexity index is 629. The van der Waals surface area contributed by atoms with Crippen LogP contribution in [-0.2, 0) is 16.7 Å². The van der Waals surface area contributed by atoms with Gasteiger partial charge in [0.15, 0.2) is 0 Å². The maximum absolute atomic E-state index is 12.8. The van der Waals surface area contributed by atoms with E-state index >= 15 is 0 Å². The summed E-state index contributed by atoms with van der Waals surface area (Å²) in [6, 6.07) is 5.73. The molecule has 0 saturated carbocycles. The molecule has 102 valence electrons. The second kappa shape index (κ2) is 5.34. The molecule has 0 atom stereocenters. The lowest BCUT2D eigenvalue weighted by Crippen LogP contribution is -2.44. The number of nitrogens with one attached hydrogen (secondary N) is 2. The summed E-state index contributed by atoms with van der Waals surface area (Å²) in [5, 5.41) is 4.82. The van der Waals surface area contributed by atoms with Crippen LogP contribution < -0.4 is 10.9 Å². The molecule has 9 heteroatoms. The van der Waals surface area contributed by atoms with Crippen molar-refractivity contribution in [3.63, 3.8) is 0 Å². The van der Waals surface area contributed by atoms with Gasteiger partial charge in [-0.3, -0.25) is 4.55 Å². The number of hydrogen-bond donors (Lipinski definition) is 3. The van der Waals surface area contributed by atoms with E-state index in [1.807, 2.05) is 0 Å². The molecule has 2 rings (SSSR count). The number of allylic oxidation sites excluding steroid dienone is 1. The van der Waals surface area contributed by atoms with Crippen LogP contribution >= 0.6 is 0 Å². The molecule has 0 aliphatic carbocycles. The van der Waals surface area contributed by atoms with Crippen molar-refractivity contribution in [1.82, 2.24) is 16.1 Å². The molecule has 1 aromatic rings. The summed E-state index contributed by atoms with van der Waals surface area (Å²) in [6.45, 7) is 0.195. The number of hydrogen-bond acceptors (Lipinski definition) is 6.